The maximum Gasteiger partial charge on any atom is 0.144 e. The van der Waals surface area contributed by atoms with Crippen LogP contribution in [-0.4, -0.2) is 0 Å². The third kappa shape index (κ3) is 5.67. The van der Waals surface area contributed by atoms with Crippen LogP contribution in [0, 0.1) is 13.8 Å². The predicted octanol–water partition coefficient (Wildman–Crippen LogP) is 19.8. The maximum atomic E-state index is 7.09. The average molecular weight is 954 g/mol. The number of nitrogens with zero attached hydrogens (tertiary/aromatic N) is 1. The number of aryl methyl sites for hydroxylation is 2. The van der Waals surface area contributed by atoms with Gasteiger partial charge < -0.3 is 13.7 Å². The molecule has 3 nitrogen and oxygen atoms in total. The van der Waals surface area contributed by atoms with Crippen molar-refractivity contribution in [3.8, 4) is 55.6 Å². The second-order valence-electron chi connectivity index (χ2n) is 22.9. The van der Waals surface area contributed by atoms with Crippen molar-refractivity contribution in [2.24, 2.45) is 0 Å². The summed E-state index contributed by atoms with van der Waals surface area (Å²) in [5.74, 6) is 0. The van der Waals surface area contributed by atoms with E-state index in [0.717, 1.165) is 50.3 Å². The van der Waals surface area contributed by atoms with Gasteiger partial charge in [-0.1, -0.05) is 181 Å². The van der Waals surface area contributed by atoms with E-state index in [-0.39, 0.29) is 16.2 Å². The molecule has 0 amide bonds. The average Bonchev–Trinajstić information content (AvgIpc) is 4.36. The van der Waals surface area contributed by atoms with Gasteiger partial charge in [-0.05, 0) is 152 Å². The van der Waals surface area contributed by atoms with Crippen LogP contribution in [0.25, 0.3) is 99.5 Å². The van der Waals surface area contributed by atoms with Crippen LogP contribution >= 0.6 is 0 Å². The third-order valence-electron chi connectivity index (χ3n) is 17.6. The summed E-state index contributed by atoms with van der Waals surface area (Å²) >= 11 is 0. The van der Waals surface area contributed by atoms with Crippen LogP contribution < -0.4 is 4.90 Å². The smallest absolute Gasteiger partial charge is 0.144 e. The lowest BCUT2D eigenvalue weighted by Crippen LogP contribution is -2.24. The van der Waals surface area contributed by atoms with E-state index in [0.29, 0.717) is 0 Å². The molecule has 356 valence electrons. The summed E-state index contributed by atoms with van der Waals surface area (Å²) in [7, 11) is 0. The minimum Gasteiger partial charge on any atom is -0.455 e. The van der Waals surface area contributed by atoms with E-state index in [2.05, 4.69) is 248 Å². The van der Waals surface area contributed by atoms with E-state index < -0.39 is 0 Å². The van der Waals surface area contributed by atoms with Crippen molar-refractivity contribution >= 4 is 60.9 Å². The summed E-state index contributed by atoms with van der Waals surface area (Å²) in [6, 6.07) is 69.7. The van der Waals surface area contributed by atoms with Gasteiger partial charge >= 0.3 is 0 Å². The highest BCUT2D eigenvalue weighted by atomic mass is 16.3. The molecule has 15 rings (SSSR count). The van der Waals surface area contributed by atoms with Crippen LogP contribution in [0.5, 0.6) is 0 Å². The summed E-state index contributed by atoms with van der Waals surface area (Å²) in [6.45, 7) is 19.0. The summed E-state index contributed by atoms with van der Waals surface area (Å²) in [5.41, 5.74) is 29.2. The Labute approximate surface area is 432 Å². The van der Waals surface area contributed by atoms with Crippen molar-refractivity contribution in [1.29, 1.82) is 0 Å². The molecule has 0 radical (unpaired) electrons. The van der Waals surface area contributed by atoms with Crippen LogP contribution in [0.15, 0.2) is 197 Å². The van der Waals surface area contributed by atoms with Crippen LogP contribution in [0.4, 0.5) is 17.1 Å². The van der Waals surface area contributed by atoms with Crippen molar-refractivity contribution in [2.45, 2.75) is 71.6 Å². The normalized spacial score (nSPS) is 15.1. The summed E-state index contributed by atoms with van der Waals surface area (Å²) in [5, 5.41) is 4.74. The molecule has 3 aliphatic carbocycles. The number of hydrogen-bond donors (Lipinski definition) is 0. The second kappa shape index (κ2) is 14.9. The number of hydrogen-bond acceptors (Lipinski definition) is 3. The van der Waals surface area contributed by atoms with Crippen molar-refractivity contribution in [3.05, 3.63) is 233 Å². The SMILES string of the molecule is Cc1ccc(-c2cc3c(c4c2oc2ccccc24)-c2ccc(N(c4cccc(-c5ccccc5)c4)c4ccc5c(c4)C(C)(C)c4c6c(c7c(oc8ccccc87)c4-5)-c4ccccc4C6(C)C)cc2C3(C)C)c(C)c1. The van der Waals surface area contributed by atoms with Gasteiger partial charge in [-0.25, -0.2) is 0 Å². The second-order valence-corrected chi connectivity index (χ2v) is 22.9. The Morgan fingerprint density at radius 1 is 0.351 bits per heavy atom. The summed E-state index contributed by atoms with van der Waals surface area (Å²) < 4.78 is 14.0. The topological polar surface area (TPSA) is 29.5 Å². The zero-order valence-electron chi connectivity index (χ0n) is 43.2. The monoisotopic (exact) mass is 953 g/mol. The highest BCUT2D eigenvalue weighted by Gasteiger charge is 2.49. The van der Waals surface area contributed by atoms with Crippen molar-refractivity contribution < 1.29 is 8.83 Å². The van der Waals surface area contributed by atoms with E-state index in [9.17, 15) is 0 Å². The number of anilines is 3. The zero-order valence-corrected chi connectivity index (χ0v) is 43.2. The molecule has 0 aliphatic heterocycles. The lowest BCUT2D eigenvalue weighted by molar-refractivity contribution is 0.600. The number of benzene rings is 10. The van der Waals surface area contributed by atoms with Gasteiger partial charge in [0.05, 0.1) is 0 Å². The van der Waals surface area contributed by atoms with Gasteiger partial charge in [0, 0.05) is 66.0 Å². The van der Waals surface area contributed by atoms with Crippen LogP contribution in [0.2, 0.25) is 0 Å². The molecule has 2 aromatic heterocycles. The lowest BCUT2D eigenvalue weighted by atomic mass is 9.72. The van der Waals surface area contributed by atoms with Gasteiger partial charge in [-0.15, -0.1) is 0 Å². The molecule has 3 heteroatoms. The summed E-state index contributed by atoms with van der Waals surface area (Å²) in [4.78, 5) is 2.50. The van der Waals surface area contributed by atoms with E-state index in [4.69, 9.17) is 8.83 Å². The fourth-order valence-electron chi connectivity index (χ4n) is 14.1. The Hall–Kier alpha value is -8.40. The standard InChI is InChI=1S/C71H55NO2/c1-40-29-32-47(41(2)35-40)53-39-57-60(62-51-24-13-16-27-58(51)73-67(53)62)49-33-30-45(37-55(49)69(57,3)4)72(44-22-18-21-43(36-44)42-19-10-9-11-20-42)46-31-34-50-56(38-46)71(7,8)66-64(50)68-63(52-25-14-17-28-59(52)74-68)61-48-23-12-15-26-54(48)70(5,6)65(61)66/h9-39H,1-8H3. The molecule has 0 N–H and O–H groups in total. The van der Waals surface area contributed by atoms with E-state index in [1.807, 2.05) is 0 Å². The molecular weight excluding hydrogens is 899 g/mol. The zero-order chi connectivity index (χ0) is 50.2. The number of fused-ring (bicyclic) bond motifs is 19. The molecule has 74 heavy (non-hydrogen) atoms. The van der Waals surface area contributed by atoms with E-state index in [1.165, 1.54) is 111 Å². The first-order chi connectivity index (χ1) is 35.8. The molecule has 0 atom stereocenters. The summed E-state index contributed by atoms with van der Waals surface area (Å²) in [6.07, 6.45) is 0. The maximum absolute atomic E-state index is 7.09. The lowest BCUT2D eigenvalue weighted by Gasteiger charge is -2.32. The molecule has 0 bridgehead atoms. The first-order valence-corrected chi connectivity index (χ1v) is 26.2. The first kappa shape index (κ1) is 43.2. The van der Waals surface area contributed by atoms with Gasteiger partial charge in [-0.2, -0.15) is 0 Å². The number of furan rings is 2. The molecular formula is C71H55NO2. The minimum absolute atomic E-state index is 0.225. The minimum atomic E-state index is -0.359. The Balaban J connectivity index is 0.959. The Morgan fingerprint density at radius 2 is 0.892 bits per heavy atom. The van der Waals surface area contributed by atoms with Gasteiger partial charge in [0.1, 0.15) is 22.3 Å². The molecule has 3 aliphatic rings. The Bertz CT molecular complexity index is 4420. The van der Waals surface area contributed by atoms with Crippen molar-refractivity contribution in [3.63, 3.8) is 0 Å². The van der Waals surface area contributed by atoms with Crippen molar-refractivity contribution in [2.75, 3.05) is 4.90 Å². The van der Waals surface area contributed by atoms with Crippen LogP contribution in [-0.2, 0) is 16.2 Å². The van der Waals surface area contributed by atoms with Gasteiger partial charge in [0.15, 0.2) is 0 Å². The Kier molecular flexibility index (Phi) is 8.68. The van der Waals surface area contributed by atoms with Crippen LogP contribution in [0.3, 0.4) is 0 Å². The van der Waals surface area contributed by atoms with Gasteiger partial charge in [0.2, 0.25) is 0 Å². The number of rotatable bonds is 5. The molecule has 12 aromatic rings. The van der Waals surface area contributed by atoms with E-state index in [1.54, 1.807) is 0 Å². The highest BCUT2D eigenvalue weighted by Crippen LogP contribution is 2.64. The molecule has 0 saturated heterocycles. The fourth-order valence-corrected chi connectivity index (χ4v) is 14.1. The highest BCUT2D eigenvalue weighted by molar-refractivity contribution is 6.21. The van der Waals surface area contributed by atoms with Gasteiger partial charge in [0.25, 0.3) is 0 Å². The quantitative estimate of drug-likeness (QED) is 0.172. The van der Waals surface area contributed by atoms with Crippen LogP contribution in [0.1, 0.15) is 86.1 Å². The fraction of sp³-hybridized carbons (Fsp3) is 0.155. The first-order valence-electron chi connectivity index (χ1n) is 26.2. The molecule has 2 heterocycles. The molecule has 0 unspecified atom stereocenters. The Morgan fingerprint density at radius 3 is 1.61 bits per heavy atom. The molecule has 0 spiro atoms. The molecule has 0 saturated carbocycles. The van der Waals surface area contributed by atoms with E-state index >= 15 is 0 Å². The largest absolute Gasteiger partial charge is 0.455 e. The number of para-hydroxylation sites is 2. The third-order valence-corrected chi connectivity index (χ3v) is 17.6. The molecule has 0 fully saturated rings. The van der Waals surface area contributed by atoms with Gasteiger partial charge in [-0.3, -0.25) is 0 Å². The van der Waals surface area contributed by atoms with Crippen molar-refractivity contribution in [1.82, 2.24) is 0 Å². The molecule has 10 aromatic carbocycles. The predicted molar refractivity (Wildman–Crippen MR) is 309 cm³/mol.